The Hall–Kier alpha value is -1.95. The molecule has 1 atom stereocenters. The van der Waals surface area contributed by atoms with Gasteiger partial charge in [0.05, 0.1) is 22.1 Å². The molecule has 0 fully saturated rings. The highest BCUT2D eigenvalue weighted by Gasteiger charge is 2.28. The molecule has 2 aromatic rings. The lowest BCUT2D eigenvalue weighted by atomic mass is 9.84. The first-order chi connectivity index (χ1) is 9.77. The molecule has 0 aliphatic rings. The Bertz CT molecular complexity index is 673. The van der Waals surface area contributed by atoms with Gasteiger partial charge in [-0.3, -0.25) is 9.59 Å². The predicted octanol–water partition coefficient (Wildman–Crippen LogP) is 2.92. The van der Waals surface area contributed by atoms with Crippen LogP contribution in [0.3, 0.4) is 0 Å². The standard InChI is InChI=1S/C15H18N2O3S/c1-15(2,3)12(7-13(18)19)17-14(20)9-4-5-10-11(6-9)21-8-16-10/h4-6,8,12H,7H2,1-3H3,(H,17,20)(H,18,19). The van der Waals surface area contributed by atoms with E-state index in [-0.39, 0.29) is 17.7 Å². The normalized spacial score (nSPS) is 13.1. The molecule has 1 amide bonds. The van der Waals surface area contributed by atoms with Crippen LogP contribution in [0.15, 0.2) is 23.7 Å². The van der Waals surface area contributed by atoms with Gasteiger partial charge >= 0.3 is 5.97 Å². The highest BCUT2D eigenvalue weighted by Crippen LogP contribution is 2.23. The van der Waals surface area contributed by atoms with Gasteiger partial charge in [-0.2, -0.15) is 0 Å². The molecule has 0 saturated heterocycles. The van der Waals surface area contributed by atoms with Crippen LogP contribution in [0.25, 0.3) is 10.2 Å². The van der Waals surface area contributed by atoms with Gasteiger partial charge in [0.25, 0.3) is 5.91 Å². The summed E-state index contributed by atoms with van der Waals surface area (Å²) in [5.74, 6) is -1.18. The molecular formula is C15H18N2O3S. The minimum absolute atomic E-state index is 0.0992. The fraction of sp³-hybridized carbons (Fsp3) is 0.400. The molecule has 0 saturated carbocycles. The van der Waals surface area contributed by atoms with Gasteiger partial charge in [-0.25, -0.2) is 4.98 Å². The highest BCUT2D eigenvalue weighted by atomic mass is 32.1. The lowest BCUT2D eigenvalue weighted by Crippen LogP contribution is -2.45. The van der Waals surface area contributed by atoms with Crippen molar-refractivity contribution < 1.29 is 14.7 Å². The smallest absolute Gasteiger partial charge is 0.305 e. The fourth-order valence-corrected chi connectivity index (χ4v) is 2.70. The number of aliphatic carboxylic acids is 1. The Morgan fingerprint density at radius 3 is 2.71 bits per heavy atom. The van der Waals surface area contributed by atoms with E-state index in [4.69, 9.17) is 5.11 Å². The number of carboxylic acid groups (broad SMARTS) is 1. The van der Waals surface area contributed by atoms with Crippen molar-refractivity contribution in [3.8, 4) is 0 Å². The molecule has 1 heterocycles. The van der Waals surface area contributed by atoms with E-state index in [1.54, 1.807) is 23.7 Å². The summed E-state index contributed by atoms with van der Waals surface area (Å²) in [5, 5.41) is 11.8. The number of hydrogen-bond donors (Lipinski definition) is 2. The van der Waals surface area contributed by atoms with Crippen LogP contribution in [0, 0.1) is 5.41 Å². The Morgan fingerprint density at radius 2 is 2.10 bits per heavy atom. The van der Waals surface area contributed by atoms with Crippen molar-refractivity contribution in [2.45, 2.75) is 33.2 Å². The third-order valence-corrected chi connectivity index (χ3v) is 4.11. The zero-order chi connectivity index (χ0) is 15.6. The van der Waals surface area contributed by atoms with Crippen molar-refractivity contribution in [1.29, 1.82) is 0 Å². The Kier molecular flexibility index (Phi) is 4.27. The summed E-state index contributed by atoms with van der Waals surface area (Å²) in [5.41, 5.74) is 2.78. The molecule has 2 rings (SSSR count). The number of rotatable bonds is 4. The second kappa shape index (κ2) is 5.81. The Balaban J connectivity index is 2.19. The molecule has 1 aromatic heterocycles. The van der Waals surface area contributed by atoms with Gasteiger partial charge in [0.1, 0.15) is 0 Å². The predicted molar refractivity (Wildman–Crippen MR) is 82.6 cm³/mol. The molecule has 1 aromatic carbocycles. The van der Waals surface area contributed by atoms with Gasteiger partial charge in [0.2, 0.25) is 0 Å². The summed E-state index contributed by atoms with van der Waals surface area (Å²) in [6, 6.07) is 4.85. The monoisotopic (exact) mass is 306 g/mol. The third-order valence-electron chi connectivity index (χ3n) is 3.32. The van der Waals surface area contributed by atoms with Gasteiger partial charge in [0.15, 0.2) is 0 Å². The van der Waals surface area contributed by atoms with Crippen molar-refractivity contribution in [2.75, 3.05) is 0 Å². The Morgan fingerprint density at radius 1 is 1.38 bits per heavy atom. The first-order valence-electron chi connectivity index (χ1n) is 6.63. The molecule has 2 N–H and O–H groups in total. The number of carbonyl (C=O) groups excluding carboxylic acids is 1. The van der Waals surface area contributed by atoms with E-state index in [1.807, 2.05) is 20.8 Å². The molecule has 21 heavy (non-hydrogen) atoms. The minimum atomic E-state index is -0.923. The first kappa shape index (κ1) is 15.4. The van der Waals surface area contributed by atoms with E-state index < -0.39 is 12.0 Å². The largest absolute Gasteiger partial charge is 0.481 e. The molecule has 0 spiro atoms. The molecular weight excluding hydrogens is 288 g/mol. The quantitative estimate of drug-likeness (QED) is 0.910. The van der Waals surface area contributed by atoms with Crippen molar-refractivity contribution in [3.63, 3.8) is 0 Å². The van der Waals surface area contributed by atoms with Crippen LogP contribution >= 0.6 is 11.3 Å². The molecule has 112 valence electrons. The highest BCUT2D eigenvalue weighted by molar-refractivity contribution is 7.16. The van der Waals surface area contributed by atoms with E-state index in [9.17, 15) is 9.59 Å². The second-order valence-corrected chi connectivity index (χ2v) is 6.91. The number of carboxylic acids is 1. The fourth-order valence-electron chi connectivity index (χ4n) is 1.99. The molecule has 0 radical (unpaired) electrons. The first-order valence-corrected chi connectivity index (χ1v) is 7.51. The number of amides is 1. The van der Waals surface area contributed by atoms with Crippen molar-refractivity contribution in [2.24, 2.45) is 5.41 Å². The van der Waals surface area contributed by atoms with E-state index in [0.29, 0.717) is 5.56 Å². The van der Waals surface area contributed by atoms with Gasteiger partial charge in [-0.1, -0.05) is 20.8 Å². The third kappa shape index (κ3) is 3.78. The SMILES string of the molecule is CC(C)(C)C(CC(=O)O)NC(=O)c1ccc2ncsc2c1. The van der Waals surface area contributed by atoms with E-state index in [1.165, 1.54) is 11.3 Å². The van der Waals surface area contributed by atoms with Gasteiger partial charge in [0, 0.05) is 11.6 Å². The number of thiazole rings is 1. The summed E-state index contributed by atoms with van der Waals surface area (Å²) in [4.78, 5) is 27.5. The lowest BCUT2D eigenvalue weighted by molar-refractivity contribution is -0.138. The summed E-state index contributed by atoms with van der Waals surface area (Å²) in [6.45, 7) is 5.73. The van der Waals surface area contributed by atoms with Crippen LogP contribution in [-0.2, 0) is 4.79 Å². The number of nitrogens with one attached hydrogen (secondary N) is 1. The number of aromatic nitrogens is 1. The maximum atomic E-state index is 12.3. The zero-order valence-corrected chi connectivity index (χ0v) is 13.0. The maximum Gasteiger partial charge on any atom is 0.305 e. The van der Waals surface area contributed by atoms with Crippen molar-refractivity contribution >= 4 is 33.4 Å². The number of nitrogens with zero attached hydrogens (tertiary/aromatic N) is 1. The number of fused-ring (bicyclic) bond motifs is 1. The van der Waals surface area contributed by atoms with Crippen molar-refractivity contribution in [3.05, 3.63) is 29.3 Å². The average molecular weight is 306 g/mol. The van der Waals surface area contributed by atoms with E-state index in [2.05, 4.69) is 10.3 Å². The average Bonchev–Trinajstić information content (AvgIpc) is 2.83. The van der Waals surface area contributed by atoms with E-state index >= 15 is 0 Å². The Labute approximate surface area is 127 Å². The number of carbonyl (C=O) groups is 2. The molecule has 5 nitrogen and oxygen atoms in total. The topological polar surface area (TPSA) is 79.3 Å². The molecule has 6 heteroatoms. The van der Waals surface area contributed by atoms with Crippen LogP contribution in [0.2, 0.25) is 0 Å². The van der Waals surface area contributed by atoms with Crippen LogP contribution in [0.1, 0.15) is 37.6 Å². The zero-order valence-electron chi connectivity index (χ0n) is 12.2. The summed E-state index contributed by atoms with van der Waals surface area (Å²) in [7, 11) is 0. The number of benzene rings is 1. The van der Waals surface area contributed by atoms with Gasteiger partial charge in [-0.15, -0.1) is 11.3 Å². The summed E-state index contributed by atoms with van der Waals surface area (Å²) < 4.78 is 0.938. The summed E-state index contributed by atoms with van der Waals surface area (Å²) >= 11 is 1.47. The molecule has 0 bridgehead atoms. The minimum Gasteiger partial charge on any atom is -0.481 e. The summed E-state index contributed by atoms with van der Waals surface area (Å²) in [6.07, 6.45) is -0.0992. The van der Waals surface area contributed by atoms with Crippen LogP contribution in [-0.4, -0.2) is 28.0 Å². The van der Waals surface area contributed by atoms with Crippen molar-refractivity contribution in [1.82, 2.24) is 10.3 Å². The van der Waals surface area contributed by atoms with Crippen LogP contribution in [0.4, 0.5) is 0 Å². The molecule has 0 aliphatic heterocycles. The van der Waals surface area contributed by atoms with Gasteiger partial charge in [-0.05, 0) is 23.6 Å². The molecule has 1 unspecified atom stereocenters. The van der Waals surface area contributed by atoms with Crippen LogP contribution in [0.5, 0.6) is 0 Å². The van der Waals surface area contributed by atoms with Gasteiger partial charge < -0.3 is 10.4 Å². The second-order valence-electron chi connectivity index (χ2n) is 6.02. The number of hydrogen-bond acceptors (Lipinski definition) is 4. The lowest BCUT2D eigenvalue weighted by Gasteiger charge is -2.30. The van der Waals surface area contributed by atoms with E-state index in [0.717, 1.165) is 10.2 Å². The maximum absolute atomic E-state index is 12.3. The molecule has 0 aliphatic carbocycles. The van der Waals surface area contributed by atoms with Crippen LogP contribution < -0.4 is 5.32 Å².